The van der Waals surface area contributed by atoms with E-state index in [1.807, 2.05) is 32.2 Å². The van der Waals surface area contributed by atoms with E-state index in [0.717, 1.165) is 35.5 Å². The number of esters is 1. The molecular weight excluding hydrogens is 454 g/mol. The van der Waals surface area contributed by atoms with Gasteiger partial charge in [-0.15, -0.1) is 11.3 Å². The first-order valence-electron chi connectivity index (χ1n) is 12.3. The first-order valence-corrected chi connectivity index (χ1v) is 13.1. The van der Waals surface area contributed by atoms with Crippen LogP contribution in [0.4, 0.5) is 0 Å². The number of carbonyl (C=O) groups excluding carboxylic acids is 2. The van der Waals surface area contributed by atoms with E-state index >= 15 is 0 Å². The molecule has 0 radical (unpaired) electrons. The maximum absolute atomic E-state index is 13.2. The number of cyclic esters (lactones) is 1. The predicted octanol–water partition coefficient (Wildman–Crippen LogP) is 4.09. The average molecular weight is 494 g/mol. The number of aliphatic hydroxyl groups is 2. The summed E-state index contributed by atoms with van der Waals surface area (Å²) in [7, 11) is 0. The fourth-order valence-electron chi connectivity index (χ4n) is 4.78. The Kier molecular flexibility index (Phi) is 8.71. The molecule has 2 aliphatic heterocycles. The normalized spacial score (nSPS) is 36.0. The molecule has 2 aliphatic rings. The van der Waals surface area contributed by atoms with Crippen molar-refractivity contribution < 1.29 is 29.3 Å². The maximum atomic E-state index is 13.2. The molecule has 190 valence electrons. The number of aryl methyl sites for hydroxylation is 1. The van der Waals surface area contributed by atoms with E-state index in [2.05, 4.69) is 4.98 Å². The second-order valence-electron chi connectivity index (χ2n) is 10.6. The van der Waals surface area contributed by atoms with Gasteiger partial charge in [0.05, 0.1) is 47.0 Å². The van der Waals surface area contributed by atoms with Crippen molar-refractivity contribution in [2.24, 2.45) is 17.3 Å². The number of Topliss-reactive ketones (excluding diaryl/α,β-unsaturated/α-hetero) is 1. The van der Waals surface area contributed by atoms with Gasteiger partial charge in [-0.1, -0.05) is 34.1 Å². The highest BCUT2D eigenvalue weighted by molar-refractivity contribution is 7.09. The van der Waals surface area contributed by atoms with Gasteiger partial charge in [-0.3, -0.25) is 9.59 Å². The number of carbonyl (C=O) groups is 2. The number of aromatic nitrogens is 1. The van der Waals surface area contributed by atoms with E-state index in [1.54, 1.807) is 32.1 Å². The molecular formula is C26H39NO6S. The molecule has 0 aliphatic carbocycles. The van der Waals surface area contributed by atoms with Crippen LogP contribution in [-0.4, -0.2) is 57.5 Å². The van der Waals surface area contributed by atoms with Crippen LogP contribution < -0.4 is 0 Å². The highest BCUT2D eigenvalue weighted by Crippen LogP contribution is 2.36. The molecule has 2 fully saturated rings. The Morgan fingerprint density at radius 3 is 2.56 bits per heavy atom. The summed E-state index contributed by atoms with van der Waals surface area (Å²) in [6.45, 7) is 10.8. The fourth-order valence-corrected chi connectivity index (χ4v) is 5.35. The molecule has 34 heavy (non-hydrogen) atoms. The zero-order valence-electron chi connectivity index (χ0n) is 21.1. The summed E-state index contributed by atoms with van der Waals surface area (Å²) in [4.78, 5) is 30.5. The molecule has 1 aromatic heterocycles. The van der Waals surface area contributed by atoms with Crippen LogP contribution in [0.2, 0.25) is 0 Å². The van der Waals surface area contributed by atoms with Crippen molar-refractivity contribution >= 4 is 29.2 Å². The number of hydrogen-bond donors (Lipinski definition) is 2. The van der Waals surface area contributed by atoms with Crippen molar-refractivity contribution in [3.05, 3.63) is 21.7 Å². The Morgan fingerprint density at radius 1 is 1.21 bits per heavy atom. The van der Waals surface area contributed by atoms with Crippen molar-refractivity contribution in [2.75, 3.05) is 0 Å². The number of thiazole rings is 1. The quantitative estimate of drug-likeness (QED) is 0.472. The SMILES string of the molecule is C/C(=C\c1csc(C)n1)[C@@H]1C[C@@H]2O[C@@H]2CCCC(C)[C@H](O)C(C)C(=O)C(C)(C)C(O)CC(=O)O1. The molecule has 7 nitrogen and oxygen atoms in total. The summed E-state index contributed by atoms with van der Waals surface area (Å²) < 4.78 is 11.7. The first kappa shape index (κ1) is 27.0. The minimum absolute atomic E-state index is 0.00770. The number of hydrogen-bond acceptors (Lipinski definition) is 8. The fraction of sp³-hybridized carbons (Fsp3) is 0.731. The zero-order valence-corrected chi connectivity index (χ0v) is 21.9. The summed E-state index contributed by atoms with van der Waals surface area (Å²) in [5.41, 5.74) is 0.494. The minimum atomic E-state index is -1.22. The van der Waals surface area contributed by atoms with E-state index in [1.165, 1.54) is 0 Å². The van der Waals surface area contributed by atoms with Crippen molar-refractivity contribution in [3.63, 3.8) is 0 Å². The van der Waals surface area contributed by atoms with Gasteiger partial charge in [-0.05, 0) is 44.3 Å². The lowest BCUT2D eigenvalue weighted by atomic mass is 9.73. The summed E-state index contributed by atoms with van der Waals surface area (Å²) in [5.74, 6) is -1.52. The predicted molar refractivity (Wildman–Crippen MR) is 131 cm³/mol. The summed E-state index contributed by atoms with van der Waals surface area (Å²) >= 11 is 1.56. The molecule has 3 unspecified atom stereocenters. The zero-order chi connectivity index (χ0) is 25.2. The van der Waals surface area contributed by atoms with Crippen molar-refractivity contribution in [3.8, 4) is 0 Å². The Bertz CT molecular complexity index is 909. The van der Waals surface area contributed by atoms with Gasteiger partial charge >= 0.3 is 5.97 Å². The van der Waals surface area contributed by atoms with E-state index in [4.69, 9.17) is 9.47 Å². The van der Waals surface area contributed by atoms with Crippen LogP contribution >= 0.6 is 11.3 Å². The molecule has 3 rings (SSSR count). The third-order valence-electron chi connectivity index (χ3n) is 7.41. The van der Waals surface area contributed by atoms with E-state index < -0.39 is 35.6 Å². The van der Waals surface area contributed by atoms with E-state index in [9.17, 15) is 19.8 Å². The Labute approximate surface area is 206 Å². The maximum Gasteiger partial charge on any atom is 0.309 e. The van der Waals surface area contributed by atoms with Gasteiger partial charge in [0.25, 0.3) is 0 Å². The van der Waals surface area contributed by atoms with E-state index in [0.29, 0.717) is 6.42 Å². The molecule has 7 atom stereocenters. The molecule has 0 amide bonds. The number of nitrogens with zero attached hydrogens (tertiary/aromatic N) is 1. The Morgan fingerprint density at radius 2 is 1.91 bits per heavy atom. The molecule has 8 heteroatoms. The lowest BCUT2D eigenvalue weighted by molar-refractivity contribution is -0.154. The van der Waals surface area contributed by atoms with Crippen LogP contribution in [0, 0.1) is 24.2 Å². The van der Waals surface area contributed by atoms with Crippen molar-refractivity contribution in [1.29, 1.82) is 0 Å². The van der Waals surface area contributed by atoms with Gasteiger partial charge in [0, 0.05) is 17.7 Å². The Hall–Kier alpha value is -1.61. The molecule has 3 heterocycles. The minimum Gasteiger partial charge on any atom is -0.458 e. The summed E-state index contributed by atoms with van der Waals surface area (Å²) in [6.07, 6.45) is 2.28. The molecule has 1 aromatic rings. The monoisotopic (exact) mass is 493 g/mol. The van der Waals surface area contributed by atoms with E-state index in [-0.39, 0.29) is 30.3 Å². The number of rotatable bonds is 2. The van der Waals surface area contributed by atoms with Crippen LogP contribution in [0.15, 0.2) is 11.0 Å². The lowest BCUT2D eigenvalue weighted by Crippen LogP contribution is -2.45. The van der Waals surface area contributed by atoms with Gasteiger partial charge in [0.2, 0.25) is 0 Å². The van der Waals surface area contributed by atoms with Crippen LogP contribution in [0.3, 0.4) is 0 Å². The molecule has 2 saturated heterocycles. The van der Waals surface area contributed by atoms with Gasteiger partial charge in [0.1, 0.15) is 11.9 Å². The number of ether oxygens (including phenoxy) is 2. The summed E-state index contributed by atoms with van der Waals surface area (Å²) in [6, 6.07) is 0. The van der Waals surface area contributed by atoms with Crippen LogP contribution in [-0.2, 0) is 19.1 Å². The molecule has 0 aromatic carbocycles. The van der Waals surface area contributed by atoms with Gasteiger partial charge < -0.3 is 19.7 Å². The second kappa shape index (κ2) is 11.0. The van der Waals surface area contributed by atoms with Crippen LogP contribution in [0.5, 0.6) is 0 Å². The second-order valence-corrected chi connectivity index (χ2v) is 11.7. The van der Waals surface area contributed by atoms with Crippen molar-refractivity contribution in [1.82, 2.24) is 4.98 Å². The smallest absolute Gasteiger partial charge is 0.309 e. The Balaban J connectivity index is 1.81. The molecule has 0 spiro atoms. The molecule has 2 N–H and O–H groups in total. The molecule has 0 bridgehead atoms. The number of fused-ring (bicyclic) bond motifs is 1. The van der Waals surface area contributed by atoms with Crippen molar-refractivity contribution in [2.45, 2.75) is 104 Å². The summed E-state index contributed by atoms with van der Waals surface area (Å²) in [5, 5.41) is 24.5. The van der Waals surface area contributed by atoms with Crippen LogP contribution in [0.1, 0.15) is 77.4 Å². The number of epoxide rings is 1. The van der Waals surface area contributed by atoms with Gasteiger partial charge in [-0.2, -0.15) is 0 Å². The lowest BCUT2D eigenvalue weighted by Gasteiger charge is -2.34. The molecule has 0 saturated carbocycles. The topological polar surface area (TPSA) is 109 Å². The van der Waals surface area contributed by atoms with Gasteiger partial charge in [0.15, 0.2) is 0 Å². The van der Waals surface area contributed by atoms with Gasteiger partial charge in [-0.25, -0.2) is 4.98 Å². The highest BCUT2D eigenvalue weighted by Gasteiger charge is 2.44. The number of aliphatic hydroxyl groups excluding tert-OH is 2. The number of ketones is 1. The third kappa shape index (κ3) is 6.53. The van der Waals surface area contributed by atoms with Crippen LogP contribution in [0.25, 0.3) is 6.08 Å². The average Bonchev–Trinajstić information content (AvgIpc) is 3.38. The largest absolute Gasteiger partial charge is 0.458 e. The first-order chi connectivity index (χ1) is 15.9. The third-order valence-corrected chi connectivity index (χ3v) is 8.20. The highest BCUT2D eigenvalue weighted by atomic mass is 32.1. The standard InChI is InChI=1S/C26H39NO6S/c1-14-8-7-9-19-21(32-19)11-20(15(2)10-18-13-34-17(4)27-18)33-23(29)12-22(28)26(5,6)25(31)16(3)24(14)30/h10,13-14,16,19-22,24,28,30H,7-9,11-12H2,1-6H3/b15-10+/t14?,16?,19-,20+,21+,22?,24+/m1/s1.